The van der Waals surface area contributed by atoms with Gasteiger partial charge in [0.1, 0.15) is 25.0 Å². The number of alkyl carbamates (subject to hydrolysis) is 1. The van der Waals surface area contributed by atoms with E-state index in [1.54, 1.807) is 20.8 Å². The van der Waals surface area contributed by atoms with Crippen molar-refractivity contribution in [3.63, 3.8) is 0 Å². The lowest BCUT2D eigenvalue weighted by Gasteiger charge is -2.46. The molecule has 1 aliphatic carbocycles. The maximum absolute atomic E-state index is 12.4. The van der Waals surface area contributed by atoms with Gasteiger partial charge in [-0.05, 0) is 52.9 Å². The Morgan fingerprint density at radius 3 is 2.60 bits per heavy atom. The Hall–Kier alpha value is -1.47. The van der Waals surface area contributed by atoms with Crippen LogP contribution in [0.3, 0.4) is 0 Å². The van der Waals surface area contributed by atoms with Gasteiger partial charge in [0.15, 0.2) is 0 Å². The molecule has 25 heavy (non-hydrogen) atoms. The topological polar surface area (TPSA) is 90.9 Å². The van der Waals surface area contributed by atoms with Crippen molar-refractivity contribution in [2.75, 3.05) is 13.9 Å². The van der Waals surface area contributed by atoms with E-state index in [0.717, 1.165) is 25.4 Å². The summed E-state index contributed by atoms with van der Waals surface area (Å²) in [5, 5.41) is 2.93. The van der Waals surface area contributed by atoms with E-state index in [2.05, 4.69) is 5.32 Å². The molecule has 144 valence electrons. The Kier molecular flexibility index (Phi) is 8.52. The van der Waals surface area contributed by atoms with Crippen molar-refractivity contribution >= 4 is 18.7 Å². The van der Waals surface area contributed by atoms with Gasteiger partial charge < -0.3 is 29.1 Å². The first-order valence-electron chi connectivity index (χ1n) is 8.78. The minimum Gasteiger partial charge on any atom is -0.444 e. The Labute approximate surface area is 149 Å². The molecule has 0 radical (unpaired) electrons. The third-order valence-corrected chi connectivity index (χ3v) is 4.39. The molecule has 0 aromatic carbocycles. The largest absolute Gasteiger partial charge is 0.444 e. The second-order valence-electron chi connectivity index (χ2n) is 7.51. The average molecular weight is 357 g/mol. The van der Waals surface area contributed by atoms with Crippen LogP contribution in [-0.2, 0) is 23.8 Å². The molecule has 0 aliphatic heterocycles. The lowest BCUT2D eigenvalue weighted by atomic mass is 9.69. The molecule has 0 unspecified atom stereocenters. The molecule has 0 saturated heterocycles. The van der Waals surface area contributed by atoms with Gasteiger partial charge in [-0.15, -0.1) is 0 Å². The van der Waals surface area contributed by atoms with Crippen molar-refractivity contribution in [1.82, 2.24) is 5.32 Å². The number of nitrogens with one attached hydrogen (secondary N) is 1. The number of aldehydes is 2. The summed E-state index contributed by atoms with van der Waals surface area (Å²) in [6.45, 7) is 5.45. The number of methoxy groups -OCH3 is 1. The van der Waals surface area contributed by atoms with Gasteiger partial charge in [-0.3, -0.25) is 0 Å². The van der Waals surface area contributed by atoms with Gasteiger partial charge in [0.25, 0.3) is 0 Å². The summed E-state index contributed by atoms with van der Waals surface area (Å²) in [7, 11) is 1.52. The SMILES string of the molecule is COCO[C@H]1CCC[C@@](CCCC=O)(NC(=O)OC(C)(C)C)[C@@H]1C=O. The summed E-state index contributed by atoms with van der Waals surface area (Å²) < 4.78 is 16.0. The van der Waals surface area contributed by atoms with E-state index in [0.29, 0.717) is 25.7 Å². The highest BCUT2D eigenvalue weighted by atomic mass is 16.7. The van der Waals surface area contributed by atoms with Crippen molar-refractivity contribution in [3.05, 3.63) is 0 Å². The van der Waals surface area contributed by atoms with Gasteiger partial charge in [0.05, 0.1) is 17.6 Å². The number of amides is 1. The molecular weight excluding hydrogens is 326 g/mol. The monoisotopic (exact) mass is 357 g/mol. The van der Waals surface area contributed by atoms with Crippen LogP contribution in [0, 0.1) is 5.92 Å². The van der Waals surface area contributed by atoms with Gasteiger partial charge >= 0.3 is 6.09 Å². The third-order valence-electron chi connectivity index (χ3n) is 4.39. The van der Waals surface area contributed by atoms with Crippen molar-refractivity contribution in [2.45, 2.75) is 76.5 Å². The fraction of sp³-hybridized carbons (Fsp3) is 0.833. The number of carbonyl (C=O) groups is 3. The molecule has 1 rings (SSSR count). The molecule has 0 aromatic rings. The van der Waals surface area contributed by atoms with Crippen LogP contribution < -0.4 is 5.32 Å². The Bertz CT molecular complexity index is 447. The molecule has 1 aliphatic rings. The predicted molar refractivity (Wildman–Crippen MR) is 92.2 cm³/mol. The van der Waals surface area contributed by atoms with Crippen molar-refractivity contribution in [2.24, 2.45) is 5.92 Å². The summed E-state index contributed by atoms with van der Waals surface area (Å²) in [5.74, 6) is -0.518. The predicted octanol–water partition coefficient (Wildman–Crippen LogP) is 2.61. The molecule has 7 nitrogen and oxygen atoms in total. The zero-order chi connectivity index (χ0) is 18.9. The van der Waals surface area contributed by atoms with Crippen molar-refractivity contribution in [3.8, 4) is 0 Å². The minimum absolute atomic E-state index is 0.0891. The average Bonchev–Trinajstić information content (AvgIpc) is 2.51. The molecule has 1 amide bonds. The smallest absolute Gasteiger partial charge is 0.408 e. The number of hydrogen-bond donors (Lipinski definition) is 1. The van der Waals surface area contributed by atoms with Crippen LogP contribution in [0.15, 0.2) is 0 Å². The minimum atomic E-state index is -0.774. The maximum Gasteiger partial charge on any atom is 0.408 e. The number of rotatable bonds is 9. The van der Waals surface area contributed by atoms with E-state index in [-0.39, 0.29) is 12.9 Å². The van der Waals surface area contributed by atoms with Gasteiger partial charge in [-0.1, -0.05) is 0 Å². The molecule has 0 spiro atoms. The number of ether oxygens (including phenoxy) is 3. The summed E-state index contributed by atoms with van der Waals surface area (Å²) in [6.07, 6.45) is 4.44. The zero-order valence-corrected chi connectivity index (χ0v) is 15.7. The van der Waals surface area contributed by atoms with Crippen LogP contribution in [0.2, 0.25) is 0 Å². The maximum atomic E-state index is 12.4. The van der Waals surface area contributed by atoms with Gasteiger partial charge in [0, 0.05) is 13.5 Å². The van der Waals surface area contributed by atoms with Crippen LogP contribution in [0.5, 0.6) is 0 Å². The molecule has 0 heterocycles. The summed E-state index contributed by atoms with van der Waals surface area (Å²) >= 11 is 0. The highest BCUT2D eigenvalue weighted by Gasteiger charge is 2.47. The fourth-order valence-electron chi connectivity index (χ4n) is 3.39. The Balaban J connectivity index is 2.99. The van der Waals surface area contributed by atoms with E-state index in [1.165, 1.54) is 7.11 Å². The van der Waals surface area contributed by atoms with E-state index in [4.69, 9.17) is 14.2 Å². The van der Waals surface area contributed by atoms with E-state index in [1.807, 2.05) is 0 Å². The van der Waals surface area contributed by atoms with Gasteiger partial charge in [0.2, 0.25) is 0 Å². The number of carbonyl (C=O) groups excluding carboxylic acids is 3. The van der Waals surface area contributed by atoms with Crippen LogP contribution >= 0.6 is 0 Å². The first-order chi connectivity index (χ1) is 11.8. The summed E-state index contributed by atoms with van der Waals surface area (Å²) in [6, 6.07) is 0. The van der Waals surface area contributed by atoms with E-state index in [9.17, 15) is 14.4 Å². The highest BCUT2D eigenvalue weighted by Crippen LogP contribution is 2.38. The number of unbranched alkanes of at least 4 members (excludes halogenated alkanes) is 1. The second kappa shape index (κ2) is 9.87. The van der Waals surface area contributed by atoms with Gasteiger partial charge in [-0.25, -0.2) is 4.79 Å². The summed E-state index contributed by atoms with van der Waals surface area (Å²) in [5.41, 5.74) is -1.41. The Morgan fingerprint density at radius 1 is 1.32 bits per heavy atom. The summed E-state index contributed by atoms with van der Waals surface area (Å²) in [4.78, 5) is 34.9. The molecule has 7 heteroatoms. The standard InChI is InChI=1S/C18H31NO6/c1-17(2,3)25-16(22)19-18(9-5-6-11-20)10-7-8-15(14(18)12-21)24-13-23-4/h11-12,14-15H,5-10,13H2,1-4H3,(H,19,22)/t14-,15+,18-/m1/s1. The number of hydrogen-bond acceptors (Lipinski definition) is 6. The first kappa shape index (κ1) is 21.6. The molecule has 1 fully saturated rings. The third kappa shape index (κ3) is 6.74. The molecule has 1 N–H and O–H groups in total. The quantitative estimate of drug-likeness (QED) is 0.387. The lowest BCUT2D eigenvalue weighted by molar-refractivity contribution is -0.139. The Morgan fingerprint density at radius 2 is 2.04 bits per heavy atom. The van der Waals surface area contributed by atoms with Crippen molar-refractivity contribution < 1.29 is 28.6 Å². The van der Waals surface area contributed by atoms with Gasteiger partial charge in [-0.2, -0.15) is 0 Å². The lowest BCUT2D eigenvalue weighted by Crippen LogP contribution is -2.60. The zero-order valence-electron chi connectivity index (χ0n) is 15.7. The van der Waals surface area contributed by atoms with E-state index < -0.39 is 23.2 Å². The van der Waals surface area contributed by atoms with E-state index >= 15 is 0 Å². The normalized spacial score (nSPS) is 26.7. The highest BCUT2D eigenvalue weighted by molar-refractivity contribution is 5.70. The van der Waals surface area contributed by atoms with Crippen LogP contribution in [0.4, 0.5) is 4.79 Å². The fourth-order valence-corrected chi connectivity index (χ4v) is 3.39. The van der Waals surface area contributed by atoms with Crippen LogP contribution in [0.25, 0.3) is 0 Å². The first-order valence-corrected chi connectivity index (χ1v) is 8.78. The van der Waals surface area contributed by atoms with Crippen LogP contribution in [0.1, 0.15) is 59.3 Å². The second-order valence-corrected chi connectivity index (χ2v) is 7.51. The molecule has 0 aromatic heterocycles. The molecule has 3 atom stereocenters. The van der Waals surface area contributed by atoms with Crippen LogP contribution in [-0.4, -0.2) is 49.8 Å². The molecule has 0 bridgehead atoms. The molecular formula is C18H31NO6. The molecule has 1 saturated carbocycles. The van der Waals surface area contributed by atoms with Crippen molar-refractivity contribution in [1.29, 1.82) is 0 Å².